The lowest BCUT2D eigenvalue weighted by atomic mass is 10.2. The topological polar surface area (TPSA) is 9.23 Å². The maximum atomic E-state index is 5.65. The van der Waals surface area contributed by atoms with Gasteiger partial charge >= 0.3 is 0 Å². The zero-order valence-electron chi connectivity index (χ0n) is 17.0. The highest BCUT2D eigenvalue weighted by Crippen LogP contribution is 2.40. The van der Waals surface area contributed by atoms with Gasteiger partial charge in [0.1, 0.15) is 20.4 Å². The van der Waals surface area contributed by atoms with E-state index in [1.807, 2.05) is 30.3 Å². The average Bonchev–Trinajstić information content (AvgIpc) is 2.56. The SMILES string of the molecule is CC(C)[Si](C#CCCC/C=C/COc1ccccc1)(C(C)C)C(C)C. The van der Waals surface area contributed by atoms with Crippen LogP contribution in [0.2, 0.25) is 16.6 Å². The quantitative estimate of drug-likeness (QED) is 0.200. The first kappa shape index (κ1) is 21.6. The van der Waals surface area contributed by atoms with Crippen molar-refractivity contribution in [2.75, 3.05) is 6.61 Å². The largest absolute Gasteiger partial charge is 0.490 e. The second-order valence-electron chi connectivity index (χ2n) is 7.69. The van der Waals surface area contributed by atoms with Gasteiger partial charge in [0.05, 0.1) is 0 Å². The summed E-state index contributed by atoms with van der Waals surface area (Å²) in [6.07, 6.45) is 7.53. The molecule has 0 atom stereocenters. The smallest absolute Gasteiger partial charge is 0.145 e. The van der Waals surface area contributed by atoms with Gasteiger partial charge in [0.25, 0.3) is 0 Å². The molecule has 0 saturated carbocycles. The van der Waals surface area contributed by atoms with E-state index in [2.05, 4.69) is 65.2 Å². The number of unbranched alkanes of at least 4 members (excludes halogenated alkanes) is 2. The van der Waals surface area contributed by atoms with E-state index in [4.69, 9.17) is 4.74 Å². The molecule has 0 aromatic heterocycles. The van der Waals surface area contributed by atoms with E-state index in [0.717, 1.165) is 41.6 Å². The van der Waals surface area contributed by atoms with E-state index in [9.17, 15) is 0 Å². The van der Waals surface area contributed by atoms with Crippen LogP contribution in [0.5, 0.6) is 5.75 Å². The Balaban J connectivity index is 2.37. The highest BCUT2D eigenvalue weighted by molar-refractivity contribution is 6.90. The molecular formula is C23H36OSi. The van der Waals surface area contributed by atoms with Gasteiger partial charge in [-0.15, -0.1) is 11.5 Å². The van der Waals surface area contributed by atoms with Crippen molar-refractivity contribution in [1.29, 1.82) is 0 Å². The van der Waals surface area contributed by atoms with Crippen LogP contribution in [0.3, 0.4) is 0 Å². The number of ether oxygens (including phenoxy) is 1. The minimum Gasteiger partial charge on any atom is -0.490 e. The third-order valence-electron chi connectivity index (χ3n) is 5.10. The molecule has 25 heavy (non-hydrogen) atoms. The third kappa shape index (κ3) is 6.75. The molecule has 0 unspecified atom stereocenters. The first-order chi connectivity index (χ1) is 11.9. The summed E-state index contributed by atoms with van der Waals surface area (Å²) in [6.45, 7) is 14.9. The lowest BCUT2D eigenvalue weighted by molar-refractivity contribution is 0.362. The fourth-order valence-corrected chi connectivity index (χ4v) is 9.10. The molecule has 1 nitrogen and oxygen atoms in total. The molecule has 0 aliphatic heterocycles. The highest BCUT2D eigenvalue weighted by atomic mass is 28.3. The maximum absolute atomic E-state index is 5.65. The van der Waals surface area contributed by atoms with Crippen LogP contribution in [-0.4, -0.2) is 14.7 Å². The molecule has 0 N–H and O–H groups in total. The monoisotopic (exact) mass is 356 g/mol. The molecule has 0 aliphatic rings. The number of benzene rings is 1. The average molecular weight is 357 g/mol. The Bertz CT molecular complexity index is 539. The van der Waals surface area contributed by atoms with Crippen LogP contribution in [0.1, 0.15) is 60.8 Å². The summed E-state index contributed by atoms with van der Waals surface area (Å²) in [4.78, 5) is 0. The molecular weight excluding hydrogens is 320 g/mol. The van der Waals surface area contributed by atoms with E-state index < -0.39 is 8.07 Å². The van der Waals surface area contributed by atoms with Crippen molar-refractivity contribution in [3.05, 3.63) is 42.5 Å². The van der Waals surface area contributed by atoms with E-state index in [-0.39, 0.29) is 0 Å². The minimum atomic E-state index is -1.55. The molecule has 0 spiro atoms. The summed E-state index contributed by atoms with van der Waals surface area (Å²) in [5.74, 6) is 4.46. The Morgan fingerprint density at radius 1 is 0.920 bits per heavy atom. The van der Waals surface area contributed by atoms with Gasteiger partial charge in [0, 0.05) is 6.42 Å². The van der Waals surface area contributed by atoms with Gasteiger partial charge in [-0.05, 0) is 41.6 Å². The van der Waals surface area contributed by atoms with Crippen LogP contribution in [0.25, 0.3) is 0 Å². The van der Waals surface area contributed by atoms with E-state index in [1.54, 1.807) is 0 Å². The molecule has 0 saturated heterocycles. The Morgan fingerprint density at radius 3 is 2.08 bits per heavy atom. The predicted molar refractivity (Wildman–Crippen MR) is 114 cm³/mol. The molecule has 0 fully saturated rings. The molecule has 0 amide bonds. The van der Waals surface area contributed by atoms with Crippen molar-refractivity contribution >= 4 is 8.07 Å². The third-order valence-corrected chi connectivity index (χ3v) is 11.4. The molecule has 138 valence electrons. The Labute approximate surface area is 156 Å². The molecule has 1 aromatic carbocycles. The second-order valence-corrected chi connectivity index (χ2v) is 13.3. The maximum Gasteiger partial charge on any atom is 0.145 e. The summed E-state index contributed by atoms with van der Waals surface area (Å²) < 4.78 is 5.65. The number of para-hydroxylation sites is 1. The Morgan fingerprint density at radius 2 is 1.52 bits per heavy atom. The predicted octanol–water partition coefficient (Wildman–Crippen LogP) is 7.01. The fraction of sp³-hybridized carbons (Fsp3) is 0.565. The molecule has 0 radical (unpaired) electrons. The van der Waals surface area contributed by atoms with Crippen LogP contribution in [-0.2, 0) is 0 Å². The summed E-state index contributed by atoms with van der Waals surface area (Å²) in [7, 11) is -1.55. The first-order valence-electron chi connectivity index (χ1n) is 9.74. The summed E-state index contributed by atoms with van der Waals surface area (Å²) in [6, 6.07) is 9.95. The van der Waals surface area contributed by atoms with Crippen molar-refractivity contribution < 1.29 is 4.74 Å². The lowest BCUT2D eigenvalue weighted by Crippen LogP contribution is -2.43. The van der Waals surface area contributed by atoms with Crippen molar-refractivity contribution in [3.8, 4) is 17.2 Å². The number of hydrogen-bond acceptors (Lipinski definition) is 1. The zero-order chi connectivity index (χ0) is 18.7. The normalized spacial score (nSPS) is 12.0. The van der Waals surface area contributed by atoms with Gasteiger partial charge in [-0.25, -0.2) is 0 Å². The van der Waals surface area contributed by atoms with Gasteiger partial charge in [-0.2, -0.15) is 0 Å². The number of allylic oxidation sites excluding steroid dienone is 1. The lowest BCUT2D eigenvalue weighted by Gasteiger charge is -2.38. The van der Waals surface area contributed by atoms with Crippen LogP contribution in [0.15, 0.2) is 42.5 Å². The van der Waals surface area contributed by atoms with Crippen molar-refractivity contribution in [2.45, 2.75) is 77.4 Å². The van der Waals surface area contributed by atoms with Gasteiger partial charge in [0.15, 0.2) is 0 Å². The molecule has 1 aromatic rings. The fourth-order valence-electron chi connectivity index (χ4n) is 3.80. The Hall–Kier alpha value is -1.46. The molecule has 0 bridgehead atoms. The zero-order valence-corrected chi connectivity index (χ0v) is 18.0. The number of hydrogen-bond donors (Lipinski definition) is 0. The van der Waals surface area contributed by atoms with E-state index >= 15 is 0 Å². The number of rotatable bonds is 9. The minimum absolute atomic E-state index is 0.639. The summed E-state index contributed by atoms with van der Waals surface area (Å²) in [5, 5.41) is 0. The molecule has 2 heteroatoms. The Kier molecular flexibility index (Phi) is 9.68. The van der Waals surface area contributed by atoms with Gasteiger partial charge in [0.2, 0.25) is 0 Å². The first-order valence-corrected chi connectivity index (χ1v) is 12.0. The van der Waals surface area contributed by atoms with Crippen LogP contribution < -0.4 is 4.74 Å². The van der Waals surface area contributed by atoms with E-state index in [0.29, 0.717) is 6.61 Å². The van der Waals surface area contributed by atoms with Gasteiger partial charge in [-0.3, -0.25) is 0 Å². The van der Waals surface area contributed by atoms with Gasteiger partial charge < -0.3 is 4.74 Å². The van der Waals surface area contributed by atoms with E-state index in [1.165, 1.54) is 0 Å². The van der Waals surface area contributed by atoms with Crippen molar-refractivity contribution in [1.82, 2.24) is 0 Å². The molecule has 0 heterocycles. The summed E-state index contributed by atoms with van der Waals surface area (Å²) >= 11 is 0. The van der Waals surface area contributed by atoms with Crippen LogP contribution >= 0.6 is 0 Å². The van der Waals surface area contributed by atoms with Crippen LogP contribution in [0, 0.1) is 11.5 Å². The molecule has 0 aliphatic carbocycles. The standard InChI is InChI=1S/C23H36OSi/c1-20(2)25(21(3)4,22(5)6)19-15-10-8-7-9-14-18-24-23-16-12-11-13-17-23/h9,11-14,16-17,20-22H,7-8,10,18H2,1-6H3/b14-9+. The second kappa shape index (κ2) is 11.2. The van der Waals surface area contributed by atoms with Gasteiger partial charge in [-0.1, -0.05) is 71.9 Å². The van der Waals surface area contributed by atoms with Crippen molar-refractivity contribution in [2.24, 2.45) is 0 Å². The molecule has 1 rings (SSSR count). The summed E-state index contributed by atoms with van der Waals surface area (Å²) in [5.41, 5.74) is 5.95. The highest BCUT2D eigenvalue weighted by Gasteiger charge is 2.41. The van der Waals surface area contributed by atoms with Crippen LogP contribution in [0.4, 0.5) is 0 Å². The van der Waals surface area contributed by atoms with Crippen molar-refractivity contribution in [3.63, 3.8) is 0 Å².